The second-order valence-corrected chi connectivity index (χ2v) is 15.3. The van der Waals surface area contributed by atoms with Crippen molar-refractivity contribution in [3.8, 4) is 0 Å². The third kappa shape index (κ3) is 43.5. The zero-order chi connectivity index (χ0) is 37.7. The van der Waals surface area contributed by atoms with Gasteiger partial charge in [0.2, 0.25) is 0 Å². The molecule has 0 rings (SSSR count). The van der Waals surface area contributed by atoms with E-state index in [0.717, 1.165) is 19.4 Å². The van der Waals surface area contributed by atoms with Crippen molar-refractivity contribution in [3.63, 3.8) is 0 Å². The Morgan fingerprint density at radius 2 is 0.808 bits per heavy atom. The summed E-state index contributed by atoms with van der Waals surface area (Å²) in [6.07, 6.45) is 42.9. The predicted molar refractivity (Wildman–Crippen MR) is 222 cm³/mol. The van der Waals surface area contributed by atoms with Crippen LogP contribution >= 0.6 is 0 Å². The van der Waals surface area contributed by atoms with Crippen LogP contribution in [0.1, 0.15) is 219 Å². The van der Waals surface area contributed by atoms with Crippen molar-refractivity contribution in [1.82, 2.24) is 5.32 Å². The molecule has 0 saturated carbocycles. The minimum Gasteiger partial charge on any atom is -0.447 e. The predicted octanol–water partition coefficient (Wildman–Crippen LogP) is 13.3. The van der Waals surface area contributed by atoms with E-state index in [1.54, 1.807) is 7.11 Å². The highest BCUT2D eigenvalue weighted by molar-refractivity contribution is 5.67. The summed E-state index contributed by atoms with van der Waals surface area (Å²) in [5.74, 6) is 0. The van der Waals surface area contributed by atoms with E-state index < -0.39 is 6.09 Å². The quantitative estimate of drug-likeness (QED) is 0.0626. The highest BCUT2D eigenvalue weighted by atomic mass is 16.6. The lowest BCUT2D eigenvalue weighted by molar-refractivity contribution is -0.0469. The Balaban J connectivity index is 3.93. The largest absolute Gasteiger partial charge is 0.447 e. The fourth-order valence-corrected chi connectivity index (χ4v) is 6.70. The summed E-state index contributed by atoms with van der Waals surface area (Å²) in [6.45, 7) is 8.56. The molecule has 0 aromatic carbocycles. The molecule has 0 bridgehead atoms. The maximum atomic E-state index is 12.2. The number of amides is 1. The topological polar surface area (TPSA) is 75.3 Å². The number of carbonyl (C=O) groups excluding carboxylic acids is 1. The van der Waals surface area contributed by atoms with Crippen molar-refractivity contribution in [1.29, 1.82) is 0 Å². The monoisotopic (exact) mass is 742 g/mol. The molecule has 0 aliphatic heterocycles. The van der Waals surface area contributed by atoms with E-state index in [0.29, 0.717) is 39.6 Å². The Kier molecular flexibility index (Phi) is 45.5. The highest BCUT2D eigenvalue weighted by Gasteiger charge is 2.13. The second-order valence-electron chi connectivity index (χ2n) is 15.3. The van der Waals surface area contributed by atoms with Crippen LogP contribution in [0, 0.1) is 0 Å². The fourth-order valence-electron chi connectivity index (χ4n) is 6.70. The second kappa shape index (κ2) is 46.3. The number of carbonyl (C=O) groups is 1. The van der Waals surface area contributed by atoms with Gasteiger partial charge >= 0.3 is 6.09 Å². The minimum absolute atomic E-state index is 0.203. The van der Waals surface area contributed by atoms with Gasteiger partial charge in [-0.25, -0.2) is 4.79 Å². The van der Waals surface area contributed by atoms with Crippen LogP contribution in [0.3, 0.4) is 0 Å². The Bertz CT molecular complexity index is 666. The van der Waals surface area contributed by atoms with E-state index in [2.05, 4.69) is 19.2 Å². The van der Waals surface area contributed by atoms with Crippen molar-refractivity contribution >= 4 is 6.09 Å². The summed E-state index contributed by atoms with van der Waals surface area (Å²) in [7, 11) is 1.64. The molecule has 7 heteroatoms. The average molecular weight is 742 g/mol. The van der Waals surface area contributed by atoms with Gasteiger partial charge in [-0.15, -0.1) is 0 Å². The molecule has 1 amide bonds. The zero-order valence-electron chi connectivity index (χ0n) is 35.3. The Morgan fingerprint density at radius 3 is 1.21 bits per heavy atom. The first-order valence-electron chi connectivity index (χ1n) is 22.9. The van der Waals surface area contributed by atoms with E-state index >= 15 is 0 Å². The van der Waals surface area contributed by atoms with Gasteiger partial charge < -0.3 is 29.0 Å². The van der Waals surface area contributed by atoms with E-state index in [4.69, 9.17) is 23.7 Å². The van der Waals surface area contributed by atoms with Crippen LogP contribution in [0.2, 0.25) is 0 Å². The molecule has 7 nitrogen and oxygen atoms in total. The van der Waals surface area contributed by atoms with Crippen LogP contribution in [0.5, 0.6) is 0 Å². The molecule has 0 heterocycles. The number of methoxy groups -OCH3 is 1. The zero-order valence-corrected chi connectivity index (χ0v) is 35.3. The van der Waals surface area contributed by atoms with Gasteiger partial charge in [-0.2, -0.15) is 0 Å². The number of nitrogens with one attached hydrogen (secondary N) is 1. The van der Waals surface area contributed by atoms with Crippen LogP contribution in [0.25, 0.3) is 0 Å². The molecular formula is C45H91NO6. The van der Waals surface area contributed by atoms with Crippen LogP contribution in [0.15, 0.2) is 0 Å². The highest BCUT2D eigenvalue weighted by Crippen LogP contribution is 2.15. The third-order valence-electron chi connectivity index (χ3n) is 10.1. The Labute approximate surface area is 324 Å². The van der Waals surface area contributed by atoms with Gasteiger partial charge in [-0.1, -0.05) is 206 Å². The first kappa shape index (κ1) is 51.1. The average Bonchev–Trinajstić information content (AvgIpc) is 3.15. The number of unbranched alkanes of at least 4 members (excludes halogenated alkanes) is 30. The van der Waals surface area contributed by atoms with Crippen molar-refractivity contribution in [3.05, 3.63) is 0 Å². The fraction of sp³-hybridized carbons (Fsp3) is 0.978. The summed E-state index contributed by atoms with van der Waals surface area (Å²) < 4.78 is 28.0. The lowest BCUT2D eigenvalue weighted by atomic mass is 10.0. The molecule has 0 aliphatic carbocycles. The molecule has 1 atom stereocenters. The number of hydrogen-bond acceptors (Lipinski definition) is 6. The minimum atomic E-state index is -0.441. The number of rotatable bonds is 45. The molecule has 1 N–H and O–H groups in total. The SMILES string of the molecule is CCCCCCCCCCCCCCCCCCOC[C@H](COC(=O)NCCOCCOC)OCCCCCCCCCCCCCCCCCC. The Hall–Kier alpha value is -0.890. The molecule has 0 spiro atoms. The standard InChI is InChI=1S/C45H91NO6/c1-4-6-8-10-12-14-16-18-20-22-24-26-28-30-32-34-37-50-42-44(43-52-45(47)46-36-39-49-41-40-48-3)51-38-35-33-31-29-27-25-23-21-19-17-15-13-11-9-7-5-2/h44H,4-43H2,1-3H3,(H,46,47)/t44-/m1/s1. The van der Waals surface area contributed by atoms with Crippen molar-refractivity contribution in [2.75, 3.05) is 59.9 Å². The van der Waals surface area contributed by atoms with Crippen molar-refractivity contribution in [2.24, 2.45) is 0 Å². The lowest BCUT2D eigenvalue weighted by Gasteiger charge is -2.18. The number of ether oxygens (including phenoxy) is 5. The summed E-state index contributed by atoms with van der Waals surface area (Å²) in [5, 5.41) is 2.74. The maximum absolute atomic E-state index is 12.2. The maximum Gasteiger partial charge on any atom is 0.407 e. The normalized spacial score (nSPS) is 12.1. The Morgan fingerprint density at radius 1 is 0.423 bits per heavy atom. The molecule has 0 aromatic heterocycles. The van der Waals surface area contributed by atoms with Crippen molar-refractivity contribution < 1.29 is 28.5 Å². The molecule has 0 unspecified atom stereocenters. The molecule has 0 aromatic rings. The van der Waals surface area contributed by atoms with Gasteiger partial charge in [0, 0.05) is 26.9 Å². The van der Waals surface area contributed by atoms with Crippen LogP contribution in [0.4, 0.5) is 4.79 Å². The van der Waals surface area contributed by atoms with Crippen LogP contribution < -0.4 is 5.32 Å². The van der Waals surface area contributed by atoms with Gasteiger partial charge in [0.15, 0.2) is 0 Å². The summed E-state index contributed by atoms with van der Waals surface area (Å²) in [6, 6.07) is 0. The third-order valence-corrected chi connectivity index (χ3v) is 10.1. The van der Waals surface area contributed by atoms with Gasteiger partial charge in [0.1, 0.15) is 12.7 Å². The summed E-state index contributed by atoms with van der Waals surface area (Å²) in [5.41, 5.74) is 0. The molecule has 0 radical (unpaired) electrons. The molecular weight excluding hydrogens is 650 g/mol. The van der Waals surface area contributed by atoms with Gasteiger partial charge in [-0.05, 0) is 12.8 Å². The lowest BCUT2D eigenvalue weighted by Crippen LogP contribution is -2.33. The number of hydrogen-bond donors (Lipinski definition) is 1. The first-order chi connectivity index (χ1) is 25.7. The van der Waals surface area contributed by atoms with E-state index in [1.807, 2.05) is 0 Å². The first-order valence-corrected chi connectivity index (χ1v) is 22.9. The van der Waals surface area contributed by atoms with Gasteiger partial charge in [0.05, 0.1) is 26.4 Å². The molecule has 0 saturated heterocycles. The summed E-state index contributed by atoms with van der Waals surface area (Å²) in [4.78, 5) is 12.2. The molecule has 312 valence electrons. The van der Waals surface area contributed by atoms with Crippen LogP contribution in [-0.4, -0.2) is 72.1 Å². The van der Waals surface area contributed by atoms with E-state index in [-0.39, 0.29) is 12.7 Å². The van der Waals surface area contributed by atoms with Gasteiger partial charge in [-0.3, -0.25) is 0 Å². The van der Waals surface area contributed by atoms with Crippen molar-refractivity contribution in [2.45, 2.75) is 225 Å². The van der Waals surface area contributed by atoms with E-state index in [1.165, 1.54) is 193 Å². The van der Waals surface area contributed by atoms with E-state index in [9.17, 15) is 4.79 Å². The smallest absolute Gasteiger partial charge is 0.407 e. The number of alkyl carbamates (subject to hydrolysis) is 1. The summed E-state index contributed by atoms with van der Waals surface area (Å²) >= 11 is 0. The van der Waals surface area contributed by atoms with Gasteiger partial charge in [0.25, 0.3) is 0 Å². The molecule has 52 heavy (non-hydrogen) atoms. The molecule has 0 fully saturated rings. The molecule has 0 aliphatic rings. The van der Waals surface area contributed by atoms with Crippen LogP contribution in [-0.2, 0) is 23.7 Å².